The lowest BCUT2D eigenvalue weighted by atomic mass is 10.2. The molecule has 1 N–H and O–H groups in total. The molecule has 0 bridgehead atoms. The second-order valence-electron chi connectivity index (χ2n) is 6.31. The van der Waals surface area contributed by atoms with Gasteiger partial charge in [0, 0.05) is 37.3 Å². The zero-order valence-corrected chi connectivity index (χ0v) is 15.3. The minimum Gasteiger partial charge on any atom is -0.354 e. The van der Waals surface area contributed by atoms with Gasteiger partial charge in [-0.25, -0.2) is 9.97 Å². The Morgan fingerprint density at radius 3 is 2.52 bits per heavy atom. The lowest BCUT2D eigenvalue weighted by Gasteiger charge is -2.10. The molecule has 8 heteroatoms. The van der Waals surface area contributed by atoms with Crippen LogP contribution >= 0.6 is 0 Å². The number of amides is 1. The van der Waals surface area contributed by atoms with Gasteiger partial charge in [0.1, 0.15) is 0 Å². The summed E-state index contributed by atoms with van der Waals surface area (Å²) in [7, 11) is 0. The molecule has 3 aromatic rings. The molecule has 0 radical (unpaired) electrons. The smallest absolute Gasteiger partial charge is 0.261 e. The van der Waals surface area contributed by atoms with E-state index in [-0.39, 0.29) is 30.0 Å². The van der Waals surface area contributed by atoms with Crippen molar-refractivity contribution in [2.75, 3.05) is 6.54 Å². The summed E-state index contributed by atoms with van der Waals surface area (Å²) in [6, 6.07) is 7.10. The third-order valence-corrected chi connectivity index (χ3v) is 4.50. The Labute approximate surface area is 155 Å². The second kappa shape index (κ2) is 7.94. The van der Waals surface area contributed by atoms with Crippen molar-refractivity contribution in [3.8, 4) is 0 Å². The number of hydrogen-bond acceptors (Lipinski definition) is 5. The highest BCUT2D eigenvalue weighted by Crippen LogP contribution is 2.04. The maximum Gasteiger partial charge on any atom is 0.261 e. The summed E-state index contributed by atoms with van der Waals surface area (Å²) in [5.74, 6) is -0.195. The van der Waals surface area contributed by atoms with Crippen LogP contribution in [0.1, 0.15) is 17.7 Å². The zero-order valence-electron chi connectivity index (χ0n) is 15.3. The van der Waals surface area contributed by atoms with Crippen molar-refractivity contribution in [2.45, 2.75) is 33.4 Å². The molecule has 8 nitrogen and oxygen atoms in total. The topological polar surface area (TPSA) is 98.9 Å². The van der Waals surface area contributed by atoms with Crippen LogP contribution in [-0.4, -0.2) is 31.6 Å². The number of rotatable bonds is 6. The van der Waals surface area contributed by atoms with Crippen LogP contribution in [0.3, 0.4) is 0 Å². The van der Waals surface area contributed by atoms with Crippen LogP contribution in [0.15, 0.2) is 46.5 Å². The number of nitrogens with zero attached hydrogens (tertiary/aromatic N) is 4. The van der Waals surface area contributed by atoms with E-state index in [0.717, 1.165) is 0 Å². The average Bonchev–Trinajstić information content (AvgIpc) is 2.67. The van der Waals surface area contributed by atoms with Crippen LogP contribution in [0.2, 0.25) is 0 Å². The van der Waals surface area contributed by atoms with Gasteiger partial charge in [-0.15, -0.1) is 0 Å². The minimum absolute atomic E-state index is 0.106. The molecule has 140 valence electrons. The fourth-order valence-electron chi connectivity index (χ4n) is 2.73. The molecule has 0 aliphatic rings. The predicted molar refractivity (Wildman–Crippen MR) is 102 cm³/mol. The predicted octanol–water partition coefficient (Wildman–Crippen LogP) is 0.777. The summed E-state index contributed by atoms with van der Waals surface area (Å²) in [6.07, 6.45) is 3.09. The number of carbonyl (C=O) groups is 1. The molecular formula is C19H21N5O3. The van der Waals surface area contributed by atoms with Crippen molar-refractivity contribution in [1.29, 1.82) is 0 Å². The Morgan fingerprint density at radius 2 is 1.70 bits per heavy atom. The van der Waals surface area contributed by atoms with Gasteiger partial charge in [0.2, 0.25) is 5.91 Å². The number of para-hydroxylation sites is 1. The molecule has 0 aliphatic carbocycles. The molecular weight excluding hydrogens is 346 g/mol. The first-order chi connectivity index (χ1) is 13.0. The van der Waals surface area contributed by atoms with Crippen molar-refractivity contribution in [2.24, 2.45) is 0 Å². The van der Waals surface area contributed by atoms with Crippen LogP contribution in [0.4, 0.5) is 0 Å². The van der Waals surface area contributed by atoms with E-state index in [0.29, 0.717) is 35.2 Å². The van der Waals surface area contributed by atoms with Crippen LogP contribution in [-0.2, 0) is 17.9 Å². The standard InChI is InChI=1S/C19H21N5O3/c1-13-14(2)21-11-24(18(13)26)10-8-20-17(25)7-9-23-12-22-16-6-4-3-5-15(16)19(23)27/h3-6,11-12H,7-10H2,1-2H3,(H,20,25). The highest BCUT2D eigenvalue weighted by molar-refractivity contribution is 5.77. The van der Waals surface area contributed by atoms with Gasteiger partial charge in [-0.2, -0.15) is 0 Å². The third kappa shape index (κ3) is 4.11. The molecule has 0 atom stereocenters. The number of hydrogen-bond donors (Lipinski definition) is 1. The highest BCUT2D eigenvalue weighted by Gasteiger charge is 2.07. The summed E-state index contributed by atoms with van der Waals surface area (Å²) in [5.41, 5.74) is 1.67. The summed E-state index contributed by atoms with van der Waals surface area (Å²) in [4.78, 5) is 44.9. The van der Waals surface area contributed by atoms with E-state index in [9.17, 15) is 14.4 Å². The van der Waals surface area contributed by atoms with Crippen LogP contribution in [0, 0.1) is 13.8 Å². The van der Waals surface area contributed by atoms with Gasteiger partial charge in [0.05, 0.1) is 23.6 Å². The van der Waals surface area contributed by atoms with Gasteiger partial charge in [0.15, 0.2) is 0 Å². The molecule has 0 fully saturated rings. The number of fused-ring (bicyclic) bond motifs is 1. The summed E-state index contributed by atoms with van der Waals surface area (Å²) in [5, 5.41) is 3.29. The van der Waals surface area contributed by atoms with E-state index >= 15 is 0 Å². The highest BCUT2D eigenvalue weighted by atomic mass is 16.2. The van der Waals surface area contributed by atoms with E-state index < -0.39 is 0 Å². The molecule has 0 spiro atoms. The summed E-state index contributed by atoms with van der Waals surface area (Å²) < 4.78 is 2.90. The number of nitrogens with one attached hydrogen (secondary N) is 1. The number of carbonyl (C=O) groups excluding carboxylic acids is 1. The van der Waals surface area contributed by atoms with Gasteiger partial charge in [0.25, 0.3) is 11.1 Å². The van der Waals surface area contributed by atoms with Crippen LogP contribution in [0.5, 0.6) is 0 Å². The first-order valence-corrected chi connectivity index (χ1v) is 8.71. The van der Waals surface area contributed by atoms with E-state index in [1.807, 2.05) is 6.07 Å². The number of aromatic nitrogens is 4. The van der Waals surface area contributed by atoms with E-state index in [4.69, 9.17) is 0 Å². The molecule has 2 heterocycles. The van der Waals surface area contributed by atoms with E-state index in [1.54, 1.807) is 32.0 Å². The van der Waals surface area contributed by atoms with Crippen molar-refractivity contribution in [3.63, 3.8) is 0 Å². The molecule has 1 amide bonds. The number of aryl methyl sites for hydroxylation is 2. The van der Waals surface area contributed by atoms with Crippen molar-refractivity contribution in [3.05, 3.63) is 68.9 Å². The van der Waals surface area contributed by atoms with Crippen molar-refractivity contribution in [1.82, 2.24) is 24.4 Å². The maximum atomic E-state index is 12.4. The van der Waals surface area contributed by atoms with Gasteiger partial charge in [-0.1, -0.05) is 12.1 Å². The lowest BCUT2D eigenvalue weighted by Crippen LogP contribution is -2.33. The molecule has 0 saturated carbocycles. The van der Waals surface area contributed by atoms with Gasteiger partial charge in [-0.05, 0) is 26.0 Å². The average molecular weight is 367 g/mol. The normalized spacial score (nSPS) is 10.9. The Hall–Kier alpha value is -3.29. The van der Waals surface area contributed by atoms with Crippen molar-refractivity contribution < 1.29 is 4.79 Å². The third-order valence-electron chi connectivity index (χ3n) is 4.50. The monoisotopic (exact) mass is 367 g/mol. The molecule has 0 saturated heterocycles. The SMILES string of the molecule is Cc1ncn(CCNC(=O)CCn2cnc3ccccc3c2=O)c(=O)c1C. The van der Waals surface area contributed by atoms with Crippen molar-refractivity contribution >= 4 is 16.8 Å². The molecule has 1 aromatic carbocycles. The minimum atomic E-state index is -0.195. The molecule has 2 aromatic heterocycles. The molecule has 27 heavy (non-hydrogen) atoms. The van der Waals surface area contributed by atoms with Gasteiger partial charge in [-0.3, -0.25) is 23.5 Å². The van der Waals surface area contributed by atoms with E-state index in [2.05, 4.69) is 15.3 Å². The number of benzene rings is 1. The first kappa shape index (κ1) is 18.5. The lowest BCUT2D eigenvalue weighted by molar-refractivity contribution is -0.121. The first-order valence-electron chi connectivity index (χ1n) is 8.71. The van der Waals surface area contributed by atoms with Crippen LogP contribution < -0.4 is 16.4 Å². The fourth-order valence-corrected chi connectivity index (χ4v) is 2.73. The summed E-state index contributed by atoms with van der Waals surface area (Å²) in [6.45, 7) is 4.42. The zero-order chi connectivity index (χ0) is 19.4. The Kier molecular flexibility index (Phi) is 5.44. The maximum absolute atomic E-state index is 12.4. The fraction of sp³-hybridized carbons (Fsp3) is 0.316. The molecule has 0 aliphatic heterocycles. The van der Waals surface area contributed by atoms with E-state index in [1.165, 1.54) is 21.8 Å². The molecule has 3 rings (SSSR count). The Balaban J connectivity index is 1.55. The summed E-state index contributed by atoms with van der Waals surface area (Å²) >= 11 is 0. The largest absolute Gasteiger partial charge is 0.354 e. The molecule has 0 unspecified atom stereocenters. The Bertz CT molecular complexity index is 1100. The van der Waals surface area contributed by atoms with Gasteiger partial charge < -0.3 is 5.32 Å². The van der Waals surface area contributed by atoms with Crippen LogP contribution in [0.25, 0.3) is 10.9 Å². The van der Waals surface area contributed by atoms with Gasteiger partial charge >= 0.3 is 0 Å². The second-order valence-corrected chi connectivity index (χ2v) is 6.31. The Morgan fingerprint density at radius 1 is 1.00 bits per heavy atom. The quantitative estimate of drug-likeness (QED) is 0.694.